The van der Waals surface area contributed by atoms with E-state index < -0.39 is 10.8 Å². The van der Waals surface area contributed by atoms with Crippen molar-refractivity contribution in [3.05, 3.63) is 67.6 Å². The number of hydrogen-bond acceptors (Lipinski definition) is 5. The van der Waals surface area contributed by atoms with Gasteiger partial charge in [0.2, 0.25) is 5.91 Å². The second-order valence-corrected chi connectivity index (χ2v) is 6.76. The summed E-state index contributed by atoms with van der Waals surface area (Å²) in [5, 5.41) is 16.4. The van der Waals surface area contributed by atoms with Crippen molar-refractivity contribution in [3.63, 3.8) is 0 Å². The van der Waals surface area contributed by atoms with Gasteiger partial charge in [0.25, 0.3) is 5.69 Å². The zero-order valence-electron chi connectivity index (χ0n) is 13.9. The highest BCUT2D eigenvalue weighted by Gasteiger charge is 2.12. The van der Waals surface area contributed by atoms with Crippen molar-refractivity contribution in [2.45, 2.75) is 0 Å². The Morgan fingerprint density at radius 3 is 2.70 bits per heavy atom. The van der Waals surface area contributed by atoms with Gasteiger partial charge in [-0.15, -0.1) is 0 Å². The normalized spacial score (nSPS) is 10.5. The number of rotatable bonds is 5. The molecule has 0 atom stereocenters. The maximum atomic E-state index is 12.0. The SMILES string of the molecule is COc1ccc(NC(=S)NC(=O)C=Cc2ccc(Cl)c([N+](=O)[O-])c2)cc1Br. The number of nitro groups is 1. The monoisotopic (exact) mass is 469 g/mol. The van der Waals surface area contributed by atoms with E-state index in [1.807, 2.05) is 0 Å². The van der Waals surface area contributed by atoms with Crippen LogP contribution in [0.3, 0.4) is 0 Å². The number of carbonyl (C=O) groups is 1. The quantitative estimate of drug-likeness (QED) is 0.288. The second-order valence-electron chi connectivity index (χ2n) is 5.09. The predicted molar refractivity (Wildman–Crippen MR) is 112 cm³/mol. The maximum absolute atomic E-state index is 12.0. The minimum atomic E-state index is -0.591. The molecule has 0 spiro atoms. The fourth-order valence-electron chi connectivity index (χ4n) is 2.01. The Morgan fingerprint density at radius 2 is 2.07 bits per heavy atom. The topological polar surface area (TPSA) is 93.5 Å². The molecule has 0 unspecified atom stereocenters. The van der Waals surface area contributed by atoms with E-state index >= 15 is 0 Å². The van der Waals surface area contributed by atoms with Crippen LogP contribution in [0, 0.1) is 10.1 Å². The van der Waals surface area contributed by atoms with Gasteiger partial charge in [0.05, 0.1) is 16.5 Å². The number of hydrogen-bond donors (Lipinski definition) is 2. The number of anilines is 1. The first-order valence-corrected chi connectivity index (χ1v) is 8.95. The van der Waals surface area contributed by atoms with Crippen LogP contribution in [0.2, 0.25) is 5.02 Å². The molecule has 0 bridgehead atoms. The van der Waals surface area contributed by atoms with Gasteiger partial charge in [-0.2, -0.15) is 0 Å². The lowest BCUT2D eigenvalue weighted by atomic mass is 10.2. The molecule has 7 nitrogen and oxygen atoms in total. The molecule has 2 aromatic rings. The molecule has 2 N–H and O–H groups in total. The third-order valence-electron chi connectivity index (χ3n) is 3.24. The van der Waals surface area contributed by atoms with Crippen LogP contribution < -0.4 is 15.4 Å². The lowest BCUT2D eigenvalue weighted by molar-refractivity contribution is -0.384. The summed E-state index contributed by atoms with van der Waals surface area (Å²) < 4.78 is 5.87. The van der Waals surface area contributed by atoms with Crippen molar-refractivity contribution in [1.29, 1.82) is 0 Å². The van der Waals surface area contributed by atoms with E-state index in [9.17, 15) is 14.9 Å². The number of benzene rings is 2. The number of thiocarbonyl (C=S) groups is 1. The Bertz CT molecular complexity index is 936. The Hall–Kier alpha value is -2.49. The van der Waals surface area contributed by atoms with Crippen LogP contribution in [0.15, 0.2) is 46.9 Å². The third kappa shape index (κ3) is 6.02. The van der Waals surface area contributed by atoms with Gasteiger partial charge >= 0.3 is 0 Å². The van der Waals surface area contributed by atoms with E-state index in [0.29, 0.717) is 17.0 Å². The number of ether oxygens (including phenoxy) is 1. The molecule has 0 saturated heterocycles. The fraction of sp³-hybridized carbons (Fsp3) is 0.0588. The Kier molecular flexibility index (Phi) is 7.28. The summed E-state index contributed by atoms with van der Waals surface area (Å²) >= 11 is 14.2. The highest BCUT2D eigenvalue weighted by molar-refractivity contribution is 9.10. The van der Waals surface area contributed by atoms with Crippen LogP contribution in [0.4, 0.5) is 11.4 Å². The first-order valence-electron chi connectivity index (χ1n) is 7.37. The van der Waals surface area contributed by atoms with Crippen LogP contribution in [0.5, 0.6) is 5.75 Å². The smallest absolute Gasteiger partial charge is 0.288 e. The molecule has 140 valence electrons. The van der Waals surface area contributed by atoms with Crippen molar-refractivity contribution >= 4 is 68.2 Å². The lowest BCUT2D eigenvalue weighted by Crippen LogP contribution is -2.32. The third-order valence-corrected chi connectivity index (χ3v) is 4.38. The molecule has 0 aromatic heterocycles. The number of nitrogens with zero attached hydrogens (tertiary/aromatic N) is 1. The minimum Gasteiger partial charge on any atom is -0.496 e. The van der Waals surface area contributed by atoms with Gasteiger partial charge in [0.15, 0.2) is 5.11 Å². The molecule has 0 fully saturated rings. The largest absolute Gasteiger partial charge is 0.496 e. The van der Waals surface area contributed by atoms with Crippen molar-refractivity contribution < 1.29 is 14.5 Å². The molecule has 0 aliphatic rings. The molecular weight excluding hydrogens is 458 g/mol. The van der Waals surface area contributed by atoms with Gasteiger partial charge in [-0.25, -0.2) is 0 Å². The summed E-state index contributed by atoms with van der Waals surface area (Å²) in [6, 6.07) is 9.46. The van der Waals surface area contributed by atoms with E-state index in [1.165, 1.54) is 24.3 Å². The number of methoxy groups -OCH3 is 1. The number of nitrogens with one attached hydrogen (secondary N) is 2. The van der Waals surface area contributed by atoms with Crippen molar-refractivity contribution in [3.8, 4) is 5.75 Å². The first-order chi connectivity index (χ1) is 12.8. The molecule has 2 aromatic carbocycles. The Morgan fingerprint density at radius 1 is 1.33 bits per heavy atom. The molecular formula is C17H13BrClN3O4S. The maximum Gasteiger partial charge on any atom is 0.288 e. The zero-order chi connectivity index (χ0) is 20.0. The van der Waals surface area contributed by atoms with Crippen molar-refractivity contribution in [2.75, 3.05) is 12.4 Å². The number of carbonyl (C=O) groups excluding carboxylic acids is 1. The first kappa shape index (κ1) is 20.8. The molecule has 0 heterocycles. The van der Waals surface area contributed by atoms with Crippen molar-refractivity contribution in [1.82, 2.24) is 5.32 Å². The van der Waals surface area contributed by atoms with Crippen LogP contribution >= 0.6 is 39.7 Å². The molecule has 10 heteroatoms. The predicted octanol–water partition coefficient (Wildman–Crippen LogP) is 4.55. The molecule has 1 amide bonds. The van der Waals surface area contributed by atoms with E-state index in [0.717, 1.165) is 4.47 Å². The summed E-state index contributed by atoms with van der Waals surface area (Å²) in [4.78, 5) is 22.2. The van der Waals surface area contributed by atoms with Gasteiger partial charge in [-0.1, -0.05) is 17.7 Å². The highest BCUT2D eigenvalue weighted by Crippen LogP contribution is 2.27. The number of halogens is 2. The lowest BCUT2D eigenvalue weighted by Gasteiger charge is -2.10. The van der Waals surface area contributed by atoms with Gasteiger partial charge in [0, 0.05) is 17.8 Å². The molecule has 0 radical (unpaired) electrons. The standard InChI is InChI=1S/C17H13BrClN3O4S/c1-26-15-6-4-11(9-12(15)18)20-17(27)21-16(23)7-3-10-2-5-13(19)14(8-10)22(24)25/h2-9H,1H3,(H2,20,21,23,27). The number of amides is 1. The highest BCUT2D eigenvalue weighted by atomic mass is 79.9. The van der Waals surface area contributed by atoms with Gasteiger partial charge in [-0.05, 0) is 64.1 Å². The molecule has 0 aliphatic heterocycles. The summed E-state index contributed by atoms with van der Waals surface area (Å²) in [6.07, 6.45) is 2.64. The molecule has 27 heavy (non-hydrogen) atoms. The second kappa shape index (κ2) is 9.45. The molecule has 0 saturated carbocycles. The van der Waals surface area contributed by atoms with E-state index in [1.54, 1.807) is 31.4 Å². The summed E-state index contributed by atoms with van der Waals surface area (Å²) in [6.45, 7) is 0. The average molecular weight is 471 g/mol. The fourth-order valence-corrected chi connectivity index (χ4v) is 2.95. The van der Waals surface area contributed by atoms with E-state index in [4.69, 9.17) is 28.6 Å². The van der Waals surface area contributed by atoms with E-state index in [-0.39, 0.29) is 15.8 Å². The van der Waals surface area contributed by atoms with Crippen LogP contribution in [-0.4, -0.2) is 23.1 Å². The van der Waals surface area contributed by atoms with Crippen molar-refractivity contribution in [2.24, 2.45) is 0 Å². The molecule has 0 aliphatic carbocycles. The minimum absolute atomic E-state index is 0.0256. The Balaban J connectivity index is 1.98. The molecule has 2 rings (SSSR count). The zero-order valence-corrected chi connectivity index (χ0v) is 17.0. The van der Waals surface area contributed by atoms with Crippen LogP contribution in [-0.2, 0) is 4.79 Å². The summed E-state index contributed by atoms with van der Waals surface area (Å²) in [7, 11) is 1.56. The van der Waals surface area contributed by atoms with Crippen LogP contribution in [0.25, 0.3) is 6.08 Å². The number of nitro benzene ring substituents is 1. The van der Waals surface area contributed by atoms with Gasteiger partial charge in [-0.3, -0.25) is 20.2 Å². The Labute approximate surface area is 173 Å². The van der Waals surface area contributed by atoms with Crippen LogP contribution in [0.1, 0.15) is 5.56 Å². The summed E-state index contributed by atoms with van der Waals surface area (Å²) in [5.41, 5.74) is 0.881. The average Bonchev–Trinajstić information content (AvgIpc) is 2.60. The van der Waals surface area contributed by atoms with Gasteiger partial charge in [0.1, 0.15) is 10.8 Å². The van der Waals surface area contributed by atoms with Gasteiger partial charge < -0.3 is 10.1 Å². The summed E-state index contributed by atoms with van der Waals surface area (Å²) in [5.74, 6) is 0.174. The van der Waals surface area contributed by atoms with E-state index in [2.05, 4.69) is 26.6 Å².